The second-order valence-corrected chi connectivity index (χ2v) is 2.84. The standard InChI is InChI=1S/C9H11N2.K/c1-2-9(11-5-1)8-3-6-10-7-4-8;/h3-4,6-7,9H,1-2,5H2;/q-1;+1. The fourth-order valence-electron chi connectivity index (χ4n) is 1.48. The number of aromatic nitrogens is 1. The summed E-state index contributed by atoms with van der Waals surface area (Å²) in [5.41, 5.74) is 1.32. The smallest absolute Gasteiger partial charge is 0.656 e. The molecule has 1 fully saturated rings. The normalized spacial score (nSPS) is 21.8. The molecule has 0 saturated carbocycles. The summed E-state index contributed by atoms with van der Waals surface area (Å²) in [4.78, 5) is 3.98. The molecule has 1 unspecified atom stereocenters. The molecule has 2 heterocycles. The van der Waals surface area contributed by atoms with Gasteiger partial charge in [0, 0.05) is 12.4 Å². The molecule has 0 aromatic carbocycles. The molecule has 1 aliphatic heterocycles. The van der Waals surface area contributed by atoms with Crippen molar-refractivity contribution >= 4 is 0 Å². The molecule has 1 aromatic heterocycles. The molecule has 3 heteroatoms. The Morgan fingerprint density at radius 3 is 2.67 bits per heavy atom. The summed E-state index contributed by atoms with van der Waals surface area (Å²) < 4.78 is 0. The van der Waals surface area contributed by atoms with Crippen LogP contribution in [0.3, 0.4) is 0 Å². The molecule has 0 N–H and O–H groups in total. The number of pyridine rings is 1. The first-order valence-electron chi connectivity index (χ1n) is 4.03. The predicted molar refractivity (Wildman–Crippen MR) is 44.4 cm³/mol. The average molecular weight is 186 g/mol. The van der Waals surface area contributed by atoms with Crippen molar-refractivity contribution in [1.82, 2.24) is 4.98 Å². The van der Waals surface area contributed by atoms with Crippen LogP contribution in [-0.4, -0.2) is 11.5 Å². The summed E-state index contributed by atoms with van der Waals surface area (Å²) in [5.74, 6) is 0. The number of nitrogens with zero attached hydrogens (tertiary/aromatic N) is 2. The van der Waals surface area contributed by atoms with Gasteiger partial charge in [-0.3, -0.25) is 4.98 Å². The minimum Gasteiger partial charge on any atom is -0.656 e. The van der Waals surface area contributed by atoms with Gasteiger partial charge in [0.2, 0.25) is 0 Å². The van der Waals surface area contributed by atoms with Crippen LogP contribution in [0.4, 0.5) is 0 Å². The van der Waals surface area contributed by atoms with Gasteiger partial charge in [-0.25, -0.2) is 0 Å². The van der Waals surface area contributed by atoms with E-state index in [4.69, 9.17) is 0 Å². The molecule has 0 spiro atoms. The van der Waals surface area contributed by atoms with E-state index in [-0.39, 0.29) is 51.4 Å². The largest absolute Gasteiger partial charge is 1.00 e. The van der Waals surface area contributed by atoms with Gasteiger partial charge in [0.1, 0.15) is 0 Å². The van der Waals surface area contributed by atoms with Crippen molar-refractivity contribution in [3.05, 3.63) is 35.4 Å². The van der Waals surface area contributed by atoms with Crippen LogP contribution >= 0.6 is 0 Å². The van der Waals surface area contributed by atoms with Gasteiger partial charge in [0.25, 0.3) is 0 Å². The van der Waals surface area contributed by atoms with E-state index in [1.165, 1.54) is 18.4 Å². The van der Waals surface area contributed by atoms with Gasteiger partial charge in [-0.15, -0.1) is 12.6 Å². The third-order valence-electron chi connectivity index (χ3n) is 2.08. The quantitative estimate of drug-likeness (QED) is 0.533. The van der Waals surface area contributed by atoms with Crippen LogP contribution in [0.5, 0.6) is 0 Å². The van der Waals surface area contributed by atoms with Crippen LogP contribution in [-0.2, 0) is 0 Å². The minimum absolute atomic E-state index is 0. The van der Waals surface area contributed by atoms with E-state index in [1.807, 2.05) is 12.4 Å². The Morgan fingerprint density at radius 1 is 1.33 bits per heavy atom. The van der Waals surface area contributed by atoms with E-state index < -0.39 is 0 Å². The summed E-state index contributed by atoms with van der Waals surface area (Å²) in [6.07, 6.45) is 6.13. The Balaban J connectivity index is 0.000000720. The summed E-state index contributed by atoms with van der Waals surface area (Å²) in [7, 11) is 0. The Morgan fingerprint density at radius 2 is 2.08 bits per heavy atom. The Labute approximate surface area is 116 Å². The molecule has 58 valence electrons. The zero-order valence-corrected chi connectivity index (χ0v) is 10.5. The molecule has 0 amide bonds. The van der Waals surface area contributed by atoms with E-state index >= 15 is 0 Å². The summed E-state index contributed by atoms with van der Waals surface area (Å²) >= 11 is 0. The fraction of sp³-hybridized carbons (Fsp3) is 0.444. The van der Waals surface area contributed by atoms with Crippen molar-refractivity contribution in [2.45, 2.75) is 18.9 Å². The first-order chi connectivity index (χ1) is 5.47. The molecule has 1 aliphatic rings. The third kappa shape index (κ3) is 2.62. The molecular weight excluding hydrogens is 175 g/mol. The van der Waals surface area contributed by atoms with E-state index in [9.17, 15) is 0 Å². The van der Waals surface area contributed by atoms with Crippen LogP contribution in [0.1, 0.15) is 24.4 Å². The molecule has 1 atom stereocenters. The van der Waals surface area contributed by atoms with E-state index in [2.05, 4.69) is 22.4 Å². The van der Waals surface area contributed by atoms with Gasteiger partial charge in [0.15, 0.2) is 0 Å². The molecule has 0 bridgehead atoms. The monoisotopic (exact) mass is 186 g/mol. The fourth-order valence-corrected chi connectivity index (χ4v) is 1.48. The molecule has 0 aliphatic carbocycles. The molecule has 12 heavy (non-hydrogen) atoms. The van der Waals surface area contributed by atoms with E-state index in [1.54, 1.807) is 0 Å². The molecular formula is C9H11KN2. The topological polar surface area (TPSA) is 27.0 Å². The SMILES string of the molecule is [K+].c1cc(C2CCC[N-]2)ccn1. The van der Waals surface area contributed by atoms with Crippen LogP contribution in [0.15, 0.2) is 24.5 Å². The van der Waals surface area contributed by atoms with Gasteiger partial charge < -0.3 is 5.32 Å². The minimum atomic E-state index is 0. The van der Waals surface area contributed by atoms with Crippen molar-refractivity contribution < 1.29 is 51.4 Å². The van der Waals surface area contributed by atoms with Crippen LogP contribution in [0, 0.1) is 0 Å². The van der Waals surface area contributed by atoms with Crippen LogP contribution < -0.4 is 51.4 Å². The maximum absolute atomic E-state index is 4.48. The summed E-state index contributed by atoms with van der Waals surface area (Å²) in [6, 6.07) is 4.57. The average Bonchev–Trinajstić information content (AvgIpc) is 2.58. The Kier molecular flexibility index (Phi) is 4.94. The number of hydrogen-bond acceptors (Lipinski definition) is 1. The van der Waals surface area contributed by atoms with Gasteiger partial charge in [-0.1, -0.05) is 18.4 Å². The Hall–Kier alpha value is 0.746. The maximum atomic E-state index is 4.48. The Bertz CT molecular complexity index is 219. The zero-order chi connectivity index (χ0) is 7.52. The third-order valence-corrected chi connectivity index (χ3v) is 2.08. The van der Waals surface area contributed by atoms with Crippen molar-refractivity contribution in [3.8, 4) is 0 Å². The second kappa shape index (κ2) is 5.47. The van der Waals surface area contributed by atoms with Gasteiger partial charge in [0.05, 0.1) is 0 Å². The van der Waals surface area contributed by atoms with E-state index in [0.29, 0.717) is 6.04 Å². The van der Waals surface area contributed by atoms with E-state index in [0.717, 1.165) is 6.54 Å². The van der Waals surface area contributed by atoms with Crippen LogP contribution in [0.2, 0.25) is 0 Å². The first kappa shape index (κ1) is 10.8. The van der Waals surface area contributed by atoms with Crippen molar-refractivity contribution in [2.24, 2.45) is 0 Å². The van der Waals surface area contributed by atoms with Crippen LogP contribution in [0.25, 0.3) is 5.32 Å². The van der Waals surface area contributed by atoms with Gasteiger partial charge >= 0.3 is 51.4 Å². The summed E-state index contributed by atoms with van der Waals surface area (Å²) in [6.45, 7) is 1.03. The second-order valence-electron chi connectivity index (χ2n) is 2.84. The van der Waals surface area contributed by atoms with Gasteiger partial charge in [-0.05, 0) is 12.1 Å². The molecule has 1 aromatic rings. The zero-order valence-electron chi connectivity index (χ0n) is 7.40. The molecule has 2 nitrogen and oxygen atoms in total. The van der Waals surface area contributed by atoms with Gasteiger partial charge in [-0.2, -0.15) is 0 Å². The predicted octanol–water partition coefficient (Wildman–Crippen LogP) is -0.706. The van der Waals surface area contributed by atoms with Crippen molar-refractivity contribution in [1.29, 1.82) is 0 Å². The molecule has 1 saturated heterocycles. The first-order valence-corrected chi connectivity index (χ1v) is 4.03. The number of rotatable bonds is 1. The van der Waals surface area contributed by atoms with Crippen molar-refractivity contribution in [3.63, 3.8) is 0 Å². The molecule has 0 radical (unpaired) electrons. The molecule has 2 rings (SSSR count). The summed E-state index contributed by atoms with van der Waals surface area (Å²) in [5, 5.41) is 4.48. The number of hydrogen-bond donors (Lipinski definition) is 0. The van der Waals surface area contributed by atoms with Crippen molar-refractivity contribution in [2.75, 3.05) is 6.54 Å². The maximum Gasteiger partial charge on any atom is 1.00 e.